The van der Waals surface area contributed by atoms with Crippen molar-refractivity contribution < 1.29 is 14.2 Å². The van der Waals surface area contributed by atoms with Crippen LogP contribution in [0.2, 0.25) is 0 Å². The van der Waals surface area contributed by atoms with Crippen LogP contribution in [0.3, 0.4) is 0 Å². The van der Waals surface area contributed by atoms with Gasteiger partial charge in [0.15, 0.2) is 0 Å². The van der Waals surface area contributed by atoms with Gasteiger partial charge in [-0.05, 0) is 0 Å². The fourth-order valence-corrected chi connectivity index (χ4v) is 2.33. The van der Waals surface area contributed by atoms with E-state index < -0.39 is 5.41 Å². The molecule has 0 saturated heterocycles. The highest BCUT2D eigenvalue weighted by Crippen LogP contribution is 2.25. The van der Waals surface area contributed by atoms with Crippen LogP contribution in [0.25, 0.3) is 0 Å². The minimum atomic E-state index is -0.448. The summed E-state index contributed by atoms with van der Waals surface area (Å²) in [4.78, 5) is 0. The number of ether oxygens (including phenoxy) is 3. The van der Waals surface area contributed by atoms with Crippen molar-refractivity contribution in [1.82, 2.24) is 0 Å². The molecule has 0 aromatic rings. The normalized spacial score (nSPS) is 15.0. The van der Waals surface area contributed by atoms with Crippen LogP contribution in [0, 0.1) is 0 Å². The summed E-state index contributed by atoms with van der Waals surface area (Å²) in [5.74, 6) is 0. The Morgan fingerprint density at radius 2 is 1.92 bits per heavy atom. The van der Waals surface area contributed by atoms with Gasteiger partial charge in [-0.15, -0.1) is 11.7 Å². The Kier molecular flexibility index (Phi) is 6.70. The van der Waals surface area contributed by atoms with E-state index in [1.54, 1.807) is 21.3 Å². The van der Waals surface area contributed by atoms with Crippen LogP contribution in [0.5, 0.6) is 0 Å². The quantitative estimate of drug-likeness (QED) is 0.305. The van der Waals surface area contributed by atoms with Crippen LogP contribution in [0.1, 0.15) is 6.42 Å². The lowest BCUT2D eigenvalue weighted by Gasteiger charge is -2.29. The smallest absolute Gasteiger partial charge is 0.144 e. The Hall–Kier alpha value is 0.797. The molecule has 0 bridgehead atoms. The van der Waals surface area contributed by atoms with Crippen molar-refractivity contribution in [3.63, 3.8) is 0 Å². The molecule has 1 unspecified atom stereocenters. The van der Waals surface area contributed by atoms with E-state index in [-0.39, 0.29) is 5.44 Å². The molecule has 0 saturated carbocycles. The number of thiol groups is 1. The summed E-state index contributed by atoms with van der Waals surface area (Å²) in [6.07, 6.45) is 0.705. The Labute approximate surface area is 85.8 Å². The lowest BCUT2D eigenvalue weighted by Crippen LogP contribution is -2.37. The first-order chi connectivity index (χ1) is 5.61. The Morgan fingerprint density at radius 1 is 1.42 bits per heavy atom. The van der Waals surface area contributed by atoms with Crippen LogP contribution in [-0.2, 0) is 14.2 Å². The van der Waals surface area contributed by atoms with E-state index in [2.05, 4.69) is 11.7 Å². The predicted octanol–water partition coefficient (Wildman–Crippen LogP) is 0.239. The second kappa shape index (κ2) is 6.28. The van der Waals surface area contributed by atoms with Crippen molar-refractivity contribution in [2.24, 2.45) is 0 Å². The molecule has 0 amide bonds. The van der Waals surface area contributed by atoms with Crippen LogP contribution >= 0.6 is 22.5 Å². The first kappa shape index (κ1) is 12.8. The highest BCUT2D eigenvalue weighted by Gasteiger charge is 2.26. The number of methoxy groups -OCH3 is 3. The highest BCUT2D eigenvalue weighted by molar-refractivity contribution is 8.68. The minimum Gasteiger partial charge on any atom is -0.370 e. The molecule has 0 spiro atoms. The molecule has 12 heavy (non-hydrogen) atoms. The maximum atomic E-state index is 5.23. The number of hydrogen-bond acceptors (Lipinski definition) is 5. The molecule has 0 heterocycles. The SMILES string of the molecule is COC(CC([SiH3])(OC)OC)SS. The third kappa shape index (κ3) is 4.15. The molecule has 0 radical (unpaired) electrons. The summed E-state index contributed by atoms with van der Waals surface area (Å²) in [5, 5.41) is 0. The average Bonchev–Trinajstić information content (AvgIpc) is 2.14. The van der Waals surface area contributed by atoms with Gasteiger partial charge in [0.2, 0.25) is 0 Å². The summed E-state index contributed by atoms with van der Waals surface area (Å²) >= 11 is 4.08. The first-order valence-electron chi connectivity index (χ1n) is 3.55. The van der Waals surface area contributed by atoms with Gasteiger partial charge in [-0.3, -0.25) is 0 Å². The maximum Gasteiger partial charge on any atom is 0.144 e. The van der Waals surface area contributed by atoms with Gasteiger partial charge in [-0.2, -0.15) is 0 Å². The number of hydrogen-bond donors (Lipinski definition) is 1. The molecule has 0 aliphatic rings. The van der Waals surface area contributed by atoms with E-state index in [0.717, 1.165) is 10.2 Å². The van der Waals surface area contributed by atoms with E-state index in [9.17, 15) is 0 Å². The summed E-state index contributed by atoms with van der Waals surface area (Å²) in [7, 11) is 7.11. The molecule has 0 aliphatic heterocycles. The fourth-order valence-electron chi connectivity index (χ4n) is 0.716. The summed E-state index contributed by atoms with van der Waals surface area (Å²) in [6, 6.07) is 0. The fraction of sp³-hybridized carbons (Fsp3) is 1.00. The van der Waals surface area contributed by atoms with Crippen molar-refractivity contribution in [2.75, 3.05) is 21.3 Å². The van der Waals surface area contributed by atoms with Crippen molar-refractivity contribution in [2.45, 2.75) is 17.3 Å². The summed E-state index contributed by atoms with van der Waals surface area (Å²) in [5.41, 5.74) is -0.429. The monoisotopic (exact) mass is 228 g/mol. The van der Waals surface area contributed by atoms with Gasteiger partial charge in [0, 0.05) is 27.8 Å². The molecule has 0 rings (SSSR count). The highest BCUT2D eigenvalue weighted by atomic mass is 33.1. The molecule has 0 aromatic carbocycles. The molecule has 0 fully saturated rings. The van der Waals surface area contributed by atoms with Crippen molar-refractivity contribution in [3.05, 3.63) is 0 Å². The molecule has 0 N–H and O–H groups in total. The zero-order valence-corrected chi connectivity index (χ0v) is 11.6. The second-order valence-electron chi connectivity index (χ2n) is 2.52. The third-order valence-electron chi connectivity index (χ3n) is 1.78. The molecule has 6 heteroatoms. The summed E-state index contributed by atoms with van der Waals surface area (Å²) < 4.78 is 15.6. The van der Waals surface area contributed by atoms with E-state index in [0.29, 0.717) is 6.42 Å². The molecule has 1 atom stereocenters. The van der Waals surface area contributed by atoms with Crippen LogP contribution in [0.15, 0.2) is 0 Å². The molecule has 0 aromatic heterocycles. The van der Waals surface area contributed by atoms with Gasteiger partial charge in [0.25, 0.3) is 0 Å². The number of rotatable bonds is 6. The molecule has 3 nitrogen and oxygen atoms in total. The average molecular weight is 228 g/mol. The van der Waals surface area contributed by atoms with E-state index >= 15 is 0 Å². The Morgan fingerprint density at radius 3 is 2.17 bits per heavy atom. The van der Waals surface area contributed by atoms with E-state index in [1.165, 1.54) is 10.8 Å². The first-order valence-corrected chi connectivity index (χ1v) is 6.48. The van der Waals surface area contributed by atoms with E-state index in [1.807, 2.05) is 0 Å². The van der Waals surface area contributed by atoms with Gasteiger partial charge < -0.3 is 14.2 Å². The third-order valence-corrected chi connectivity index (χ3v) is 4.31. The lowest BCUT2D eigenvalue weighted by molar-refractivity contribution is -0.155. The second-order valence-corrected chi connectivity index (χ2v) is 5.41. The zero-order valence-electron chi connectivity index (χ0n) is 7.86. The van der Waals surface area contributed by atoms with Gasteiger partial charge in [0.05, 0.1) is 10.2 Å². The van der Waals surface area contributed by atoms with Crippen molar-refractivity contribution in [1.29, 1.82) is 0 Å². The predicted molar refractivity (Wildman–Crippen MR) is 58.7 cm³/mol. The minimum absolute atomic E-state index is 0.0192. The maximum absolute atomic E-state index is 5.23. The molecule has 74 valence electrons. The van der Waals surface area contributed by atoms with Gasteiger partial charge >= 0.3 is 0 Å². The summed E-state index contributed by atoms with van der Waals surface area (Å²) in [6.45, 7) is 0. The topological polar surface area (TPSA) is 27.7 Å². The molecule has 0 aliphatic carbocycles. The van der Waals surface area contributed by atoms with Crippen LogP contribution < -0.4 is 0 Å². The van der Waals surface area contributed by atoms with Gasteiger partial charge in [0.1, 0.15) is 10.8 Å². The standard InChI is InChI=1S/C6H16O3S2Si/c1-7-5(11-10)4-6(12,8-2)9-3/h5,10H,4H2,1-3,12H3. The van der Waals surface area contributed by atoms with Gasteiger partial charge in [-0.25, -0.2) is 0 Å². The van der Waals surface area contributed by atoms with Crippen molar-refractivity contribution >= 4 is 32.7 Å². The van der Waals surface area contributed by atoms with Crippen LogP contribution in [-0.4, -0.2) is 42.4 Å². The largest absolute Gasteiger partial charge is 0.370 e. The Bertz CT molecular complexity index is 117. The zero-order chi connectivity index (χ0) is 9.61. The Balaban J connectivity index is 3.99. The molecular formula is C6H16O3S2Si. The lowest BCUT2D eigenvalue weighted by atomic mass is 10.4. The molecular weight excluding hydrogens is 212 g/mol. The van der Waals surface area contributed by atoms with Gasteiger partial charge in [-0.1, -0.05) is 10.8 Å². The van der Waals surface area contributed by atoms with E-state index in [4.69, 9.17) is 14.2 Å². The van der Waals surface area contributed by atoms with Crippen molar-refractivity contribution in [3.8, 4) is 0 Å². The van der Waals surface area contributed by atoms with Crippen LogP contribution in [0.4, 0.5) is 0 Å².